The van der Waals surface area contributed by atoms with E-state index < -0.39 is 0 Å². The highest BCUT2D eigenvalue weighted by Gasteiger charge is 2.37. The summed E-state index contributed by atoms with van der Waals surface area (Å²) in [6, 6.07) is 11.4. The molecule has 2 aromatic rings. The quantitative estimate of drug-likeness (QED) is 0.629. The average molecular weight is 369 g/mol. The Morgan fingerprint density at radius 2 is 1.96 bits per heavy atom. The normalized spacial score (nSPS) is 15.3. The van der Waals surface area contributed by atoms with E-state index in [0.29, 0.717) is 10.7 Å². The van der Waals surface area contributed by atoms with Gasteiger partial charge in [0.15, 0.2) is 5.11 Å². The molecule has 0 radical (unpaired) electrons. The molecule has 0 aliphatic heterocycles. The Kier molecular flexibility index (Phi) is 5.52. The van der Waals surface area contributed by atoms with Crippen LogP contribution < -0.4 is 10.6 Å². The Hall–Kier alpha value is -2.47. The van der Waals surface area contributed by atoms with Gasteiger partial charge >= 0.3 is 5.97 Å². The highest BCUT2D eigenvalue weighted by molar-refractivity contribution is 7.80. The Morgan fingerprint density at radius 1 is 1.19 bits per heavy atom. The van der Waals surface area contributed by atoms with Crippen LogP contribution in [0, 0.1) is 6.92 Å². The van der Waals surface area contributed by atoms with E-state index in [2.05, 4.69) is 15.6 Å². The van der Waals surface area contributed by atoms with E-state index in [1.165, 1.54) is 7.11 Å². The Labute approximate surface area is 159 Å². The minimum atomic E-state index is -0.356. The summed E-state index contributed by atoms with van der Waals surface area (Å²) in [7, 11) is 1.38. The molecule has 0 atom stereocenters. The van der Waals surface area contributed by atoms with Gasteiger partial charge in [0, 0.05) is 11.9 Å². The van der Waals surface area contributed by atoms with Crippen molar-refractivity contribution in [1.82, 2.24) is 10.3 Å². The van der Waals surface area contributed by atoms with Crippen molar-refractivity contribution in [3.05, 3.63) is 59.4 Å². The minimum absolute atomic E-state index is 0.237. The lowest BCUT2D eigenvalue weighted by molar-refractivity contribution is 0.0600. The number of esters is 1. The molecule has 0 amide bonds. The molecule has 1 fully saturated rings. The largest absolute Gasteiger partial charge is 0.465 e. The third-order valence-electron chi connectivity index (χ3n) is 4.95. The maximum Gasteiger partial charge on any atom is 0.338 e. The van der Waals surface area contributed by atoms with Crippen molar-refractivity contribution in [3.63, 3.8) is 0 Å². The first-order valence-electron chi connectivity index (χ1n) is 8.74. The summed E-state index contributed by atoms with van der Waals surface area (Å²) in [5.41, 5.74) is 2.91. The standard InChI is InChI=1S/C20H23N3O2S/c1-14-15(18(24)25-2)8-7-9-16(14)22-19(26)23-20(11-4-5-12-20)17-10-3-6-13-21-17/h3,6-10,13H,4-5,11-12H2,1-2H3,(H2,22,23,26). The molecular weight excluding hydrogens is 346 g/mol. The fourth-order valence-corrected chi connectivity index (χ4v) is 3.85. The Balaban J connectivity index is 1.79. The van der Waals surface area contributed by atoms with Crippen molar-refractivity contribution >= 4 is 29.0 Å². The number of ether oxygens (including phenoxy) is 1. The fourth-order valence-electron chi connectivity index (χ4n) is 3.54. The van der Waals surface area contributed by atoms with Crippen LogP contribution in [0.1, 0.15) is 47.3 Å². The van der Waals surface area contributed by atoms with Gasteiger partial charge in [-0.3, -0.25) is 4.98 Å². The molecular formula is C20H23N3O2S. The summed E-state index contributed by atoms with van der Waals surface area (Å²) in [5.74, 6) is -0.356. The van der Waals surface area contributed by atoms with E-state index >= 15 is 0 Å². The van der Waals surface area contributed by atoms with Crippen LogP contribution in [0.15, 0.2) is 42.6 Å². The molecule has 0 bridgehead atoms. The maximum atomic E-state index is 11.9. The molecule has 136 valence electrons. The molecule has 0 spiro atoms. The van der Waals surface area contributed by atoms with Gasteiger partial charge in [-0.25, -0.2) is 4.79 Å². The van der Waals surface area contributed by atoms with Crippen LogP contribution in [0.4, 0.5) is 5.69 Å². The Morgan fingerprint density at radius 3 is 2.62 bits per heavy atom. The summed E-state index contributed by atoms with van der Waals surface area (Å²) < 4.78 is 4.84. The number of methoxy groups -OCH3 is 1. The van der Waals surface area contributed by atoms with E-state index in [1.807, 2.05) is 43.5 Å². The van der Waals surface area contributed by atoms with Gasteiger partial charge in [0.2, 0.25) is 0 Å². The highest BCUT2D eigenvalue weighted by Crippen LogP contribution is 2.37. The van der Waals surface area contributed by atoms with E-state index in [4.69, 9.17) is 17.0 Å². The summed E-state index contributed by atoms with van der Waals surface area (Å²) in [6.45, 7) is 1.88. The smallest absolute Gasteiger partial charge is 0.338 e. The van der Waals surface area contributed by atoms with Crippen LogP contribution >= 0.6 is 12.2 Å². The molecule has 2 N–H and O–H groups in total. The van der Waals surface area contributed by atoms with Crippen LogP contribution in [-0.4, -0.2) is 23.2 Å². The number of rotatable bonds is 4. The van der Waals surface area contributed by atoms with E-state index in [-0.39, 0.29) is 11.5 Å². The molecule has 1 heterocycles. The number of carbonyl (C=O) groups excluding carboxylic acids is 1. The molecule has 1 aliphatic carbocycles. The fraction of sp³-hybridized carbons (Fsp3) is 0.350. The van der Waals surface area contributed by atoms with E-state index in [0.717, 1.165) is 42.6 Å². The SMILES string of the molecule is COC(=O)c1cccc(NC(=S)NC2(c3ccccn3)CCCC2)c1C. The number of anilines is 1. The molecule has 5 nitrogen and oxygen atoms in total. The molecule has 0 saturated heterocycles. The van der Waals surface area contributed by atoms with Crippen molar-refractivity contribution in [2.45, 2.75) is 38.1 Å². The third kappa shape index (κ3) is 3.70. The summed E-state index contributed by atoms with van der Waals surface area (Å²) >= 11 is 5.58. The molecule has 6 heteroatoms. The second-order valence-electron chi connectivity index (χ2n) is 6.55. The average Bonchev–Trinajstić information content (AvgIpc) is 3.13. The zero-order chi connectivity index (χ0) is 18.6. The molecule has 1 aromatic heterocycles. The number of carbonyl (C=O) groups is 1. The lowest BCUT2D eigenvalue weighted by atomic mass is 9.93. The Bertz CT molecular complexity index is 802. The summed E-state index contributed by atoms with van der Waals surface area (Å²) in [6.07, 6.45) is 6.09. The third-order valence-corrected chi connectivity index (χ3v) is 5.16. The van der Waals surface area contributed by atoms with E-state index in [1.54, 1.807) is 6.07 Å². The van der Waals surface area contributed by atoms with Gasteiger partial charge in [-0.2, -0.15) is 0 Å². The number of aromatic nitrogens is 1. The van der Waals surface area contributed by atoms with Gasteiger partial charge in [0.25, 0.3) is 0 Å². The van der Waals surface area contributed by atoms with Crippen molar-refractivity contribution in [3.8, 4) is 0 Å². The monoisotopic (exact) mass is 369 g/mol. The van der Waals surface area contributed by atoms with Crippen LogP contribution in [0.3, 0.4) is 0 Å². The lowest BCUT2D eigenvalue weighted by Gasteiger charge is -2.31. The minimum Gasteiger partial charge on any atom is -0.465 e. The number of pyridine rings is 1. The van der Waals surface area contributed by atoms with Crippen LogP contribution in [0.25, 0.3) is 0 Å². The number of benzene rings is 1. The number of nitrogens with zero attached hydrogens (tertiary/aromatic N) is 1. The van der Waals surface area contributed by atoms with Crippen molar-refractivity contribution < 1.29 is 9.53 Å². The van der Waals surface area contributed by atoms with Crippen LogP contribution in [0.2, 0.25) is 0 Å². The van der Waals surface area contributed by atoms with Crippen LogP contribution in [-0.2, 0) is 10.3 Å². The zero-order valence-electron chi connectivity index (χ0n) is 15.0. The second kappa shape index (κ2) is 7.83. The first kappa shape index (κ1) is 18.3. The van der Waals surface area contributed by atoms with Gasteiger partial charge in [-0.05, 0) is 61.8 Å². The van der Waals surface area contributed by atoms with Crippen LogP contribution in [0.5, 0.6) is 0 Å². The predicted molar refractivity (Wildman–Crippen MR) is 106 cm³/mol. The van der Waals surface area contributed by atoms with Gasteiger partial charge in [0.1, 0.15) is 0 Å². The van der Waals surface area contributed by atoms with Crippen molar-refractivity contribution in [2.24, 2.45) is 0 Å². The number of thiocarbonyl (C=S) groups is 1. The van der Waals surface area contributed by atoms with E-state index in [9.17, 15) is 4.79 Å². The van der Waals surface area contributed by atoms with Crippen molar-refractivity contribution in [2.75, 3.05) is 12.4 Å². The van der Waals surface area contributed by atoms with Gasteiger partial charge in [-0.1, -0.05) is 25.0 Å². The summed E-state index contributed by atoms with van der Waals surface area (Å²) in [5, 5.41) is 7.25. The van der Waals surface area contributed by atoms with Gasteiger partial charge in [-0.15, -0.1) is 0 Å². The molecule has 26 heavy (non-hydrogen) atoms. The molecule has 0 unspecified atom stereocenters. The maximum absolute atomic E-state index is 11.9. The van der Waals surface area contributed by atoms with Gasteiger partial charge in [0.05, 0.1) is 23.9 Å². The van der Waals surface area contributed by atoms with Crippen molar-refractivity contribution in [1.29, 1.82) is 0 Å². The lowest BCUT2D eigenvalue weighted by Crippen LogP contribution is -2.46. The number of hydrogen-bond acceptors (Lipinski definition) is 4. The first-order valence-corrected chi connectivity index (χ1v) is 9.15. The second-order valence-corrected chi connectivity index (χ2v) is 6.96. The molecule has 1 saturated carbocycles. The predicted octanol–water partition coefficient (Wildman–Crippen LogP) is 3.93. The van der Waals surface area contributed by atoms with Gasteiger partial charge < -0.3 is 15.4 Å². The topological polar surface area (TPSA) is 63.2 Å². The molecule has 1 aliphatic rings. The zero-order valence-corrected chi connectivity index (χ0v) is 15.9. The molecule has 1 aromatic carbocycles. The highest BCUT2D eigenvalue weighted by atomic mass is 32.1. The summed E-state index contributed by atoms with van der Waals surface area (Å²) in [4.78, 5) is 16.4. The first-order chi connectivity index (χ1) is 12.6. The number of hydrogen-bond donors (Lipinski definition) is 2. The molecule has 3 rings (SSSR count). The number of nitrogens with one attached hydrogen (secondary N) is 2.